The molecule has 76 valence electrons. The van der Waals surface area contributed by atoms with Gasteiger partial charge in [-0.25, -0.2) is 0 Å². The van der Waals surface area contributed by atoms with Gasteiger partial charge in [0.15, 0.2) is 0 Å². The van der Waals surface area contributed by atoms with Crippen LogP contribution in [0.15, 0.2) is 11.1 Å². The molecule has 1 aliphatic carbocycles. The largest absolute Gasteiger partial charge is 0.372 e. The van der Waals surface area contributed by atoms with Crippen molar-refractivity contribution < 1.29 is 4.74 Å². The summed E-state index contributed by atoms with van der Waals surface area (Å²) >= 11 is 5.53. The van der Waals surface area contributed by atoms with Gasteiger partial charge in [-0.1, -0.05) is 24.4 Å². The van der Waals surface area contributed by atoms with Gasteiger partial charge in [0.25, 0.3) is 0 Å². The number of ether oxygens (including phenoxy) is 1. The Hall–Kier alpha value is -0.0500. The first-order valence-electron chi connectivity index (χ1n) is 4.87. The van der Waals surface area contributed by atoms with Crippen molar-refractivity contribution in [1.29, 1.82) is 0 Å². The van der Waals surface area contributed by atoms with E-state index in [-0.39, 0.29) is 12.1 Å². The lowest BCUT2D eigenvalue weighted by Crippen LogP contribution is -2.39. The first kappa shape index (κ1) is 11.0. The van der Waals surface area contributed by atoms with Gasteiger partial charge < -0.3 is 10.5 Å². The molecular weight excluding hydrogens is 186 g/mol. The zero-order chi connectivity index (χ0) is 9.68. The smallest absolute Gasteiger partial charge is 0.0730 e. The van der Waals surface area contributed by atoms with E-state index < -0.39 is 0 Å². The number of halogens is 1. The van der Waals surface area contributed by atoms with E-state index in [0.717, 1.165) is 18.4 Å². The minimum atomic E-state index is 0.219. The average Bonchev–Trinajstić information content (AvgIpc) is 2.16. The maximum atomic E-state index is 5.93. The normalized spacial score (nSPS) is 30.5. The molecule has 1 saturated carbocycles. The van der Waals surface area contributed by atoms with Crippen LogP contribution in [0.3, 0.4) is 0 Å². The van der Waals surface area contributed by atoms with Gasteiger partial charge in [0.05, 0.1) is 12.7 Å². The highest BCUT2D eigenvalue weighted by Crippen LogP contribution is 2.20. The molecule has 2 atom stereocenters. The van der Waals surface area contributed by atoms with Gasteiger partial charge in [0.2, 0.25) is 0 Å². The Labute approximate surface area is 85.1 Å². The lowest BCUT2D eigenvalue weighted by molar-refractivity contribution is 0.0284. The average molecular weight is 204 g/mol. The standard InChI is InChI=1S/C10H18ClNO/c1-8(6-11)7-13-10-5-3-2-4-9(10)12/h6,9-10H,2-5,7,12H2,1H3. The molecule has 0 bridgehead atoms. The van der Waals surface area contributed by atoms with Gasteiger partial charge in [0.1, 0.15) is 0 Å². The minimum Gasteiger partial charge on any atom is -0.372 e. The Morgan fingerprint density at radius 2 is 2.23 bits per heavy atom. The summed E-state index contributed by atoms with van der Waals surface area (Å²) in [4.78, 5) is 0. The van der Waals surface area contributed by atoms with Gasteiger partial charge in [-0.3, -0.25) is 0 Å². The predicted molar refractivity (Wildman–Crippen MR) is 55.8 cm³/mol. The molecule has 2 N–H and O–H groups in total. The molecule has 0 aromatic rings. The lowest BCUT2D eigenvalue weighted by atomic mass is 9.93. The van der Waals surface area contributed by atoms with E-state index in [2.05, 4.69) is 0 Å². The Kier molecular flexibility index (Phi) is 4.78. The van der Waals surface area contributed by atoms with E-state index in [1.54, 1.807) is 5.54 Å². The second-order valence-corrected chi connectivity index (χ2v) is 3.97. The van der Waals surface area contributed by atoms with Crippen molar-refractivity contribution >= 4 is 11.6 Å². The van der Waals surface area contributed by atoms with Crippen molar-refractivity contribution in [3.05, 3.63) is 11.1 Å². The van der Waals surface area contributed by atoms with Crippen molar-refractivity contribution in [3.8, 4) is 0 Å². The zero-order valence-corrected chi connectivity index (χ0v) is 8.89. The van der Waals surface area contributed by atoms with Crippen LogP contribution < -0.4 is 5.73 Å². The van der Waals surface area contributed by atoms with Crippen LogP contribution in [-0.2, 0) is 4.74 Å². The molecule has 2 nitrogen and oxygen atoms in total. The summed E-state index contributed by atoms with van der Waals surface area (Å²) in [6, 6.07) is 0.219. The van der Waals surface area contributed by atoms with Crippen LogP contribution in [0.2, 0.25) is 0 Å². The maximum absolute atomic E-state index is 5.93. The second kappa shape index (κ2) is 5.63. The van der Waals surface area contributed by atoms with Crippen molar-refractivity contribution in [2.24, 2.45) is 5.73 Å². The third kappa shape index (κ3) is 3.67. The summed E-state index contributed by atoms with van der Waals surface area (Å²) in [5.41, 5.74) is 8.55. The van der Waals surface area contributed by atoms with Gasteiger partial charge in [0, 0.05) is 11.6 Å². The third-order valence-corrected chi connectivity index (χ3v) is 2.84. The molecule has 13 heavy (non-hydrogen) atoms. The van der Waals surface area contributed by atoms with E-state index >= 15 is 0 Å². The number of rotatable bonds is 3. The summed E-state index contributed by atoms with van der Waals surface area (Å²) in [6.45, 7) is 2.57. The Morgan fingerprint density at radius 1 is 1.54 bits per heavy atom. The Balaban J connectivity index is 2.26. The number of hydrogen-bond acceptors (Lipinski definition) is 2. The van der Waals surface area contributed by atoms with Gasteiger partial charge in [-0.05, 0) is 25.3 Å². The molecule has 1 rings (SSSR count). The van der Waals surface area contributed by atoms with Crippen LogP contribution in [0.1, 0.15) is 32.6 Å². The van der Waals surface area contributed by atoms with Crippen LogP contribution in [0, 0.1) is 0 Å². The van der Waals surface area contributed by atoms with Crippen molar-refractivity contribution in [2.45, 2.75) is 44.8 Å². The fourth-order valence-electron chi connectivity index (χ4n) is 1.60. The van der Waals surface area contributed by atoms with Crippen molar-refractivity contribution in [3.63, 3.8) is 0 Å². The van der Waals surface area contributed by atoms with E-state index in [4.69, 9.17) is 22.1 Å². The summed E-state index contributed by atoms with van der Waals surface area (Å²) in [7, 11) is 0. The van der Waals surface area contributed by atoms with Crippen molar-refractivity contribution in [1.82, 2.24) is 0 Å². The molecule has 0 heterocycles. The Bertz CT molecular complexity index is 182. The SMILES string of the molecule is CC(=CCl)COC1CCCCC1N. The first-order chi connectivity index (χ1) is 6.24. The maximum Gasteiger partial charge on any atom is 0.0730 e. The minimum absolute atomic E-state index is 0.219. The van der Waals surface area contributed by atoms with Gasteiger partial charge >= 0.3 is 0 Å². The van der Waals surface area contributed by atoms with Gasteiger partial charge in [-0.2, -0.15) is 0 Å². The molecular formula is C10H18ClNO. The quantitative estimate of drug-likeness (QED) is 0.765. The highest BCUT2D eigenvalue weighted by Gasteiger charge is 2.21. The molecule has 0 spiro atoms. The molecule has 0 radical (unpaired) electrons. The summed E-state index contributed by atoms with van der Waals surface area (Å²) in [5.74, 6) is 0. The molecule has 0 aliphatic heterocycles. The van der Waals surface area contributed by atoms with E-state index in [9.17, 15) is 0 Å². The summed E-state index contributed by atoms with van der Waals surface area (Å²) < 4.78 is 5.67. The lowest BCUT2D eigenvalue weighted by Gasteiger charge is -2.28. The fourth-order valence-corrected chi connectivity index (χ4v) is 1.67. The number of hydrogen-bond donors (Lipinski definition) is 1. The van der Waals surface area contributed by atoms with E-state index in [1.165, 1.54) is 12.8 Å². The third-order valence-electron chi connectivity index (χ3n) is 2.46. The molecule has 0 aromatic heterocycles. The summed E-state index contributed by atoms with van der Waals surface area (Å²) in [6.07, 6.45) is 4.90. The molecule has 0 amide bonds. The van der Waals surface area contributed by atoms with Crippen LogP contribution >= 0.6 is 11.6 Å². The van der Waals surface area contributed by atoms with Crippen molar-refractivity contribution in [2.75, 3.05) is 6.61 Å². The van der Waals surface area contributed by atoms with E-state index in [1.807, 2.05) is 6.92 Å². The molecule has 1 fully saturated rings. The fraction of sp³-hybridized carbons (Fsp3) is 0.800. The monoisotopic (exact) mass is 203 g/mol. The number of nitrogens with two attached hydrogens (primary N) is 1. The molecule has 2 unspecified atom stereocenters. The van der Waals surface area contributed by atoms with E-state index in [0.29, 0.717) is 6.61 Å². The van der Waals surface area contributed by atoms with Crippen LogP contribution in [0.5, 0.6) is 0 Å². The first-order valence-corrected chi connectivity index (χ1v) is 5.30. The molecule has 0 saturated heterocycles. The highest BCUT2D eigenvalue weighted by atomic mass is 35.5. The van der Waals surface area contributed by atoms with Crippen LogP contribution in [0.25, 0.3) is 0 Å². The van der Waals surface area contributed by atoms with Crippen LogP contribution in [-0.4, -0.2) is 18.8 Å². The zero-order valence-electron chi connectivity index (χ0n) is 8.13. The second-order valence-electron chi connectivity index (χ2n) is 3.75. The molecule has 0 aromatic carbocycles. The topological polar surface area (TPSA) is 35.2 Å². The molecule has 3 heteroatoms. The summed E-state index contributed by atoms with van der Waals surface area (Å²) in [5, 5.41) is 0. The molecule has 1 aliphatic rings. The predicted octanol–water partition coefficient (Wildman–Crippen LogP) is 2.42. The van der Waals surface area contributed by atoms with Crippen LogP contribution in [0.4, 0.5) is 0 Å². The highest BCUT2D eigenvalue weighted by molar-refractivity contribution is 6.25. The Morgan fingerprint density at radius 3 is 2.85 bits per heavy atom. The van der Waals surface area contributed by atoms with Gasteiger partial charge in [-0.15, -0.1) is 0 Å².